The Morgan fingerprint density at radius 2 is 2.05 bits per heavy atom. The Morgan fingerprint density at radius 1 is 1.32 bits per heavy atom. The van der Waals surface area contributed by atoms with Gasteiger partial charge in [0.1, 0.15) is 23.1 Å². The second-order valence-corrected chi connectivity index (χ2v) is 4.13. The van der Waals surface area contributed by atoms with Gasteiger partial charge in [0.2, 0.25) is 0 Å². The Morgan fingerprint density at radius 3 is 2.63 bits per heavy atom. The third kappa shape index (κ3) is 2.76. The van der Waals surface area contributed by atoms with Crippen molar-refractivity contribution in [2.45, 2.75) is 13.8 Å². The summed E-state index contributed by atoms with van der Waals surface area (Å²) in [4.78, 5) is 12.1. The number of benzene rings is 1. The van der Waals surface area contributed by atoms with E-state index >= 15 is 0 Å². The van der Waals surface area contributed by atoms with Crippen molar-refractivity contribution in [2.75, 3.05) is 12.4 Å². The molecule has 0 radical (unpaired) electrons. The van der Waals surface area contributed by atoms with Crippen molar-refractivity contribution in [1.29, 1.82) is 0 Å². The Labute approximate surface area is 110 Å². The lowest BCUT2D eigenvalue weighted by Gasteiger charge is -2.09. The molecular weight excluding hydrogens is 249 g/mol. The molecular formula is C14H14FNO3. The van der Waals surface area contributed by atoms with E-state index in [0.29, 0.717) is 22.8 Å². The van der Waals surface area contributed by atoms with E-state index in [4.69, 9.17) is 9.15 Å². The summed E-state index contributed by atoms with van der Waals surface area (Å²) < 4.78 is 23.4. The first-order valence-electron chi connectivity index (χ1n) is 5.73. The summed E-state index contributed by atoms with van der Waals surface area (Å²) in [6.07, 6.45) is 0. The summed E-state index contributed by atoms with van der Waals surface area (Å²) in [7, 11) is 1.41. The fourth-order valence-corrected chi connectivity index (χ4v) is 1.81. The average Bonchev–Trinajstić information content (AvgIpc) is 2.70. The van der Waals surface area contributed by atoms with E-state index in [1.165, 1.54) is 25.3 Å². The summed E-state index contributed by atoms with van der Waals surface area (Å²) >= 11 is 0. The zero-order valence-electron chi connectivity index (χ0n) is 10.9. The number of amides is 1. The van der Waals surface area contributed by atoms with Gasteiger partial charge in [0, 0.05) is 6.07 Å². The van der Waals surface area contributed by atoms with E-state index in [-0.39, 0.29) is 11.7 Å². The van der Waals surface area contributed by atoms with Crippen LogP contribution in [0.25, 0.3) is 0 Å². The monoisotopic (exact) mass is 263 g/mol. The predicted molar refractivity (Wildman–Crippen MR) is 69.1 cm³/mol. The zero-order valence-corrected chi connectivity index (χ0v) is 10.9. The summed E-state index contributed by atoms with van der Waals surface area (Å²) in [6.45, 7) is 3.48. The van der Waals surface area contributed by atoms with E-state index in [1.54, 1.807) is 19.9 Å². The maximum atomic E-state index is 13.1. The van der Waals surface area contributed by atoms with Crippen molar-refractivity contribution in [3.05, 3.63) is 47.2 Å². The molecule has 1 aromatic carbocycles. The van der Waals surface area contributed by atoms with Crippen molar-refractivity contribution < 1.29 is 18.3 Å². The van der Waals surface area contributed by atoms with E-state index in [2.05, 4.69) is 5.32 Å². The maximum absolute atomic E-state index is 13.1. The molecule has 0 aliphatic rings. The van der Waals surface area contributed by atoms with Crippen molar-refractivity contribution >= 4 is 11.6 Å². The molecule has 0 atom stereocenters. The molecule has 0 saturated carbocycles. The topological polar surface area (TPSA) is 51.5 Å². The number of hydrogen-bond acceptors (Lipinski definition) is 3. The van der Waals surface area contributed by atoms with Gasteiger partial charge in [0.25, 0.3) is 5.91 Å². The van der Waals surface area contributed by atoms with Crippen LogP contribution < -0.4 is 10.1 Å². The van der Waals surface area contributed by atoms with Gasteiger partial charge in [-0.1, -0.05) is 0 Å². The van der Waals surface area contributed by atoms with E-state index in [9.17, 15) is 9.18 Å². The molecule has 2 aromatic rings. The van der Waals surface area contributed by atoms with Gasteiger partial charge in [-0.25, -0.2) is 4.39 Å². The van der Waals surface area contributed by atoms with Gasteiger partial charge in [-0.2, -0.15) is 0 Å². The molecule has 0 saturated heterocycles. The van der Waals surface area contributed by atoms with Gasteiger partial charge in [0.05, 0.1) is 18.4 Å². The number of hydrogen-bond donors (Lipinski definition) is 1. The Hall–Kier alpha value is -2.30. The highest BCUT2D eigenvalue weighted by atomic mass is 19.1. The van der Waals surface area contributed by atoms with Crippen molar-refractivity contribution in [2.24, 2.45) is 0 Å². The number of carbonyl (C=O) groups is 1. The number of halogens is 1. The van der Waals surface area contributed by atoms with Crippen LogP contribution in [0.5, 0.6) is 5.75 Å². The van der Waals surface area contributed by atoms with E-state index < -0.39 is 5.82 Å². The molecule has 1 amide bonds. The first kappa shape index (κ1) is 13.1. The third-order valence-corrected chi connectivity index (χ3v) is 2.70. The van der Waals surface area contributed by atoms with E-state index in [0.717, 1.165) is 0 Å². The molecule has 0 unspecified atom stereocenters. The van der Waals surface area contributed by atoms with Gasteiger partial charge in [-0.3, -0.25) is 4.79 Å². The fraction of sp³-hybridized carbons (Fsp3) is 0.214. The first-order chi connectivity index (χ1) is 9.01. The number of methoxy groups -OCH3 is 1. The van der Waals surface area contributed by atoms with Crippen LogP contribution in [0.1, 0.15) is 21.9 Å². The van der Waals surface area contributed by atoms with Gasteiger partial charge in [-0.05, 0) is 32.0 Å². The number of aryl methyl sites for hydroxylation is 2. The molecule has 1 heterocycles. The average molecular weight is 263 g/mol. The lowest BCUT2D eigenvalue weighted by molar-refractivity contribution is 0.102. The number of rotatable bonds is 3. The van der Waals surface area contributed by atoms with Crippen molar-refractivity contribution in [1.82, 2.24) is 0 Å². The molecule has 100 valence electrons. The summed E-state index contributed by atoms with van der Waals surface area (Å²) in [6, 6.07) is 5.57. The number of anilines is 1. The summed E-state index contributed by atoms with van der Waals surface area (Å²) in [5, 5.41) is 2.67. The molecule has 19 heavy (non-hydrogen) atoms. The van der Waals surface area contributed by atoms with Crippen LogP contribution in [-0.2, 0) is 0 Å². The molecule has 1 N–H and O–H groups in total. The molecule has 4 nitrogen and oxygen atoms in total. The third-order valence-electron chi connectivity index (χ3n) is 2.70. The molecule has 0 fully saturated rings. The lowest BCUT2D eigenvalue weighted by Crippen LogP contribution is -2.13. The lowest BCUT2D eigenvalue weighted by atomic mass is 10.2. The van der Waals surface area contributed by atoms with Crippen LogP contribution in [-0.4, -0.2) is 13.0 Å². The van der Waals surface area contributed by atoms with E-state index in [1.807, 2.05) is 0 Å². The molecule has 2 rings (SSSR count). The van der Waals surface area contributed by atoms with Crippen LogP contribution in [0, 0.1) is 19.7 Å². The highest BCUT2D eigenvalue weighted by Gasteiger charge is 2.15. The first-order valence-corrected chi connectivity index (χ1v) is 5.73. The minimum atomic E-state index is -0.426. The van der Waals surface area contributed by atoms with Crippen LogP contribution in [0.4, 0.5) is 10.1 Å². The van der Waals surface area contributed by atoms with Gasteiger partial charge < -0.3 is 14.5 Å². The quantitative estimate of drug-likeness (QED) is 0.924. The molecule has 0 aliphatic heterocycles. The predicted octanol–water partition coefficient (Wildman–Crippen LogP) is 3.30. The number of furan rings is 1. The highest BCUT2D eigenvalue weighted by Crippen LogP contribution is 2.26. The van der Waals surface area contributed by atoms with Crippen molar-refractivity contribution in [3.8, 4) is 5.75 Å². The fourth-order valence-electron chi connectivity index (χ4n) is 1.81. The minimum Gasteiger partial charge on any atom is -0.494 e. The van der Waals surface area contributed by atoms with Gasteiger partial charge >= 0.3 is 0 Å². The second kappa shape index (κ2) is 5.14. The number of ether oxygens (including phenoxy) is 1. The van der Waals surface area contributed by atoms with Gasteiger partial charge in [0.15, 0.2) is 0 Å². The highest BCUT2D eigenvalue weighted by molar-refractivity contribution is 6.05. The molecule has 1 aromatic heterocycles. The Balaban J connectivity index is 2.26. The van der Waals surface area contributed by atoms with Crippen LogP contribution >= 0.6 is 0 Å². The molecule has 5 heteroatoms. The largest absolute Gasteiger partial charge is 0.494 e. The van der Waals surface area contributed by atoms with Crippen LogP contribution in [0.15, 0.2) is 28.7 Å². The summed E-state index contributed by atoms with van der Waals surface area (Å²) in [5.41, 5.74) is 0.857. The molecule has 0 aliphatic carbocycles. The Bertz CT molecular complexity index is 619. The van der Waals surface area contributed by atoms with Crippen LogP contribution in [0.2, 0.25) is 0 Å². The Kier molecular flexibility index (Phi) is 3.55. The second-order valence-electron chi connectivity index (χ2n) is 4.13. The molecule has 0 spiro atoms. The van der Waals surface area contributed by atoms with Crippen molar-refractivity contribution in [3.63, 3.8) is 0 Å². The molecule has 0 bridgehead atoms. The minimum absolute atomic E-state index is 0.270. The standard InChI is InChI=1S/C14H14FNO3/c1-8-6-11(9(2)19-8)14(17)16-12-5-4-10(15)7-13(12)18-3/h4-7H,1-3H3,(H,16,17). The number of carbonyl (C=O) groups excluding carboxylic acids is 1. The van der Waals surface area contributed by atoms with Crippen LogP contribution in [0.3, 0.4) is 0 Å². The smallest absolute Gasteiger partial charge is 0.259 e. The zero-order chi connectivity index (χ0) is 14.0. The normalized spacial score (nSPS) is 10.3. The van der Waals surface area contributed by atoms with Gasteiger partial charge in [-0.15, -0.1) is 0 Å². The number of nitrogens with one attached hydrogen (secondary N) is 1. The maximum Gasteiger partial charge on any atom is 0.259 e. The summed E-state index contributed by atoms with van der Waals surface area (Å²) in [5.74, 6) is 0.723. The SMILES string of the molecule is COc1cc(F)ccc1NC(=O)c1cc(C)oc1C.